The van der Waals surface area contributed by atoms with Gasteiger partial charge in [0, 0.05) is 30.7 Å². The van der Waals surface area contributed by atoms with E-state index >= 15 is 0 Å². The monoisotopic (exact) mass is 351 g/mol. The SMILES string of the molecule is CC(C)n1ncc2cc(C(=O)NCc3ccccc3CN(C)C)cnc21. The smallest absolute Gasteiger partial charge is 0.253 e. The van der Waals surface area contributed by atoms with Gasteiger partial charge in [0.15, 0.2) is 5.65 Å². The Kier molecular flexibility index (Phi) is 5.32. The first kappa shape index (κ1) is 18.1. The van der Waals surface area contributed by atoms with E-state index in [4.69, 9.17) is 0 Å². The van der Waals surface area contributed by atoms with Crippen molar-refractivity contribution in [3.05, 3.63) is 59.4 Å². The van der Waals surface area contributed by atoms with Gasteiger partial charge in [-0.2, -0.15) is 5.10 Å². The van der Waals surface area contributed by atoms with Gasteiger partial charge >= 0.3 is 0 Å². The van der Waals surface area contributed by atoms with Crippen molar-refractivity contribution in [2.45, 2.75) is 33.0 Å². The largest absolute Gasteiger partial charge is 0.348 e. The van der Waals surface area contributed by atoms with Crippen LogP contribution in [0.1, 0.15) is 41.4 Å². The van der Waals surface area contributed by atoms with E-state index in [0.717, 1.165) is 23.1 Å². The molecule has 0 bridgehead atoms. The molecule has 0 radical (unpaired) electrons. The molecule has 1 N–H and O–H groups in total. The third kappa shape index (κ3) is 3.91. The maximum Gasteiger partial charge on any atom is 0.253 e. The highest BCUT2D eigenvalue weighted by atomic mass is 16.1. The van der Waals surface area contributed by atoms with Gasteiger partial charge in [0.25, 0.3) is 5.91 Å². The van der Waals surface area contributed by atoms with E-state index in [1.165, 1.54) is 5.56 Å². The molecule has 1 aromatic carbocycles. The van der Waals surface area contributed by atoms with Gasteiger partial charge < -0.3 is 10.2 Å². The Labute approximate surface area is 153 Å². The van der Waals surface area contributed by atoms with Gasteiger partial charge in [-0.1, -0.05) is 24.3 Å². The van der Waals surface area contributed by atoms with E-state index in [1.54, 1.807) is 12.4 Å². The zero-order valence-corrected chi connectivity index (χ0v) is 15.7. The summed E-state index contributed by atoms with van der Waals surface area (Å²) in [6.07, 6.45) is 3.37. The van der Waals surface area contributed by atoms with Crippen LogP contribution in [0.25, 0.3) is 11.0 Å². The van der Waals surface area contributed by atoms with Crippen LogP contribution >= 0.6 is 0 Å². The van der Waals surface area contributed by atoms with Gasteiger partial charge in [0.05, 0.1) is 11.8 Å². The molecule has 0 aliphatic rings. The van der Waals surface area contributed by atoms with E-state index in [9.17, 15) is 4.79 Å². The third-order valence-corrected chi connectivity index (χ3v) is 4.23. The van der Waals surface area contributed by atoms with E-state index < -0.39 is 0 Å². The molecule has 6 nitrogen and oxygen atoms in total. The Hall–Kier alpha value is -2.73. The fourth-order valence-electron chi connectivity index (χ4n) is 2.94. The highest BCUT2D eigenvalue weighted by molar-refractivity contribution is 5.96. The van der Waals surface area contributed by atoms with Gasteiger partial charge in [-0.3, -0.25) is 4.79 Å². The minimum absolute atomic E-state index is 0.128. The molecule has 2 heterocycles. The molecule has 0 unspecified atom stereocenters. The standard InChI is InChI=1S/C20H25N5O/c1-14(2)25-19-17(12-23-25)9-18(11-21-19)20(26)22-10-15-7-5-6-8-16(15)13-24(3)4/h5-9,11-12,14H,10,13H2,1-4H3,(H,22,26). The van der Waals surface area contributed by atoms with Gasteiger partial charge in [0.2, 0.25) is 0 Å². The topological polar surface area (TPSA) is 63.1 Å². The van der Waals surface area contributed by atoms with Crippen LogP contribution in [0.4, 0.5) is 0 Å². The molecule has 3 rings (SSSR count). The Morgan fingerprint density at radius 3 is 2.62 bits per heavy atom. The summed E-state index contributed by atoms with van der Waals surface area (Å²) in [6.45, 7) is 5.44. The Bertz CT molecular complexity index is 913. The first-order valence-electron chi connectivity index (χ1n) is 8.78. The summed E-state index contributed by atoms with van der Waals surface area (Å²) in [6, 6.07) is 10.2. The molecular weight excluding hydrogens is 326 g/mol. The van der Waals surface area contributed by atoms with Gasteiger partial charge in [0.1, 0.15) is 0 Å². The van der Waals surface area contributed by atoms with Crippen LogP contribution in [0, 0.1) is 0 Å². The Morgan fingerprint density at radius 2 is 1.92 bits per heavy atom. The van der Waals surface area contributed by atoms with Gasteiger partial charge in [-0.05, 0) is 45.1 Å². The van der Waals surface area contributed by atoms with E-state index in [1.807, 2.05) is 43.0 Å². The number of carbonyl (C=O) groups excluding carboxylic acids is 1. The van der Waals surface area contributed by atoms with Crippen molar-refractivity contribution in [3.8, 4) is 0 Å². The average Bonchev–Trinajstić information content (AvgIpc) is 3.03. The van der Waals surface area contributed by atoms with Gasteiger partial charge in [-0.15, -0.1) is 0 Å². The summed E-state index contributed by atoms with van der Waals surface area (Å²) in [5.41, 5.74) is 3.68. The average molecular weight is 351 g/mol. The lowest BCUT2D eigenvalue weighted by molar-refractivity contribution is 0.0950. The molecule has 0 spiro atoms. The molecule has 2 aromatic heterocycles. The number of carbonyl (C=O) groups is 1. The molecule has 0 aliphatic carbocycles. The number of amides is 1. The fourth-order valence-corrected chi connectivity index (χ4v) is 2.94. The first-order valence-corrected chi connectivity index (χ1v) is 8.78. The van der Waals surface area contributed by atoms with Crippen molar-refractivity contribution in [1.29, 1.82) is 0 Å². The number of pyridine rings is 1. The van der Waals surface area contributed by atoms with Crippen LogP contribution in [0.2, 0.25) is 0 Å². The normalized spacial score (nSPS) is 11.5. The number of nitrogens with zero attached hydrogens (tertiary/aromatic N) is 4. The van der Waals surface area contributed by atoms with E-state index in [-0.39, 0.29) is 11.9 Å². The molecule has 6 heteroatoms. The van der Waals surface area contributed by atoms with E-state index in [2.05, 4.69) is 40.2 Å². The number of benzene rings is 1. The van der Waals surface area contributed by atoms with Crippen LogP contribution in [-0.4, -0.2) is 39.7 Å². The van der Waals surface area contributed by atoms with Crippen molar-refractivity contribution in [3.63, 3.8) is 0 Å². The maximum atomic E-state index is 12.5. The van der Waals surface area contributed by atoms with Crippen molar-refractivity contribution < 1.29 is 4.79 Å². The summed E-state index contributed by atoms with van der Waals surface area (Å²) in [5.74, 6) is -0.128. The highest BCUT2D eigenvalue weighted by Crippen LogP contribution is 2.17. The number of hydrogen-bond donors (Lipinski definition) is 1. The molecule has 0 saturated heterocycles. The van der Waals surface area contributed by atoms with Crippen LogP contribution in [-0.2, 0) is 13.1 Å². The molecule has 0 saturated carbocycles. The molecule has 0 aliphatic heterocycles. The molecule has 26 heavy (non-hydrogen) atoms. The summed E-state index contributed by atoms with van der Waals surface area (Å²) in [7, 11) is 4.07. The van der Waals surface area contributed by atoms with Crippen molar-refractivity contribution in [2.75, 3.05) is 14.1 Å². The molecule has 0 atom stereocenters. The van der Waals surface area contributed by atoms with Crippen LogP contribution in [0.3, 0.4) is 0 Å². The number of fused-ring (bicyclic) bond motifs is 1. The highest BCUT2D eigenvalue weighted by Gasteiger charge is 2.12. The molecule has 0 fully saturated rings. The second-order valence-corrected chi connectivity index (χ2v) is 7.01. The van der Waals surface area contributed by atoms with Crippen LogP contribution in [0.5, 0.6) is 0 Å². The van der Waals surface area contributed by atoms with Gasteiger partial charge in [-0.25, -0.2) is 9.67 Å². The maximum absolute atomic E-state index is 12.5. The predicted molar refractivity (Wildman–Crippen MR) is 103 cm³/mol. The molecule has 3 aromatic rings. The van der Waals surface area contributed by atoms with E-state index in [0.29, 0.717) is 12.1 Å². The van der Waals surface area contributed by atoms with Crippen LogP contribution in [0.15, 0.2) is 42.7 Å². The quantitative estimate of drug-likeness (QED) is 0.741. The number of rotatable bonds is 6. The molecular formula is C20H25N5O. The summed E-state index contributed by atoms with van der Waals surface area (Å²) in [5, 5.41) is 8.22. The molecule has 136 valence electrons. The summed E-state index contributed by atoms with van der Waals surface area (Å²) < 4.78 is 1.86. The summed E-state index contributed by atoms with van der Waals surface area (Å²) in [4.78, 5) is 19.1. The Balaban J connectivity index is 1.74. The predicted octanol–water partition coefficient (Wildman–Crippen LogP) is 3.00. The van der Waals surface area contributed by atoms with Crippen molar-refractivity contribution in [1.82, 2.24) is 25.0 Å². The second-order valence-electron chi connectivity index (χ2n) is 7.01. The lowest BCUT2D eigenvalue weighted by atomic mass is 10.1. The minimum atomic E-state index is -0.128. The number of aromatic nitrogens is 3. The lowest BCUT2D eigenvalue weighted by Gasteiger charge is -2.14. The van der Waals surface area contributed by atoms with Crippen molar-refractivity contribution >= 4 is 16.9 Å². The first-order chi connectivity index (χ1) is 12.5. The van der Waals surface area contributed by atoms with Crippen molar-refractivity contribution in [2.24, 2.45) is 0 Å². The zero-order chi connectivity index (χ0) is 18.7. The van der Waals surface area contributed by atoms with Crippen LogP contribution < -0.4 is 5.32 Å². The second kappa shape index (κ2) is 7.66. The number of hydrogen-bond acceptors (Lipinski definition) is 4. The zero-order valence-electron chi connectivity index (χ0n) is 15.7. The summed E-state index contributed by atoms with van der Waals surface area (Å²) >= 11 is 0. The third-order valence-electron chi connectivity index (χ3n) is 4.23. The lowest BCUT2D eigenvalue weighted by Crippen LogP contribution is -2.24. The minimum Gasteiger partial charge on any atom is -0.348 e. The molecule has 1 amide bonds. The number of nitrogens with one attached hydrogen (secondary N) is 1. The fraction of sp³-hybridized carbons (Fsp3) is 0.350. The Morgan fingerprint density at radius 1 is 1.19 bits per heavy atom.